The molecule has 1 atom stereocenters. The molecule has 3 saturated carbocycles. The average molecular weight is 978 g/mol. The van der Waals surface area contributed by atoms with Crippen LogP contribution < -0.4 is 20.9 Å². The molecule has 3 aliphatic carbocycles. The molecule has 8 aliphatic rings. The number of nitrogens with one attached hydrogen (secondary N) is 3. The number of imidazole rings is 1. The van der Waals surface area contributed by atoms with Gasteiger partial charge in [-0.05, 0) is 153 Å². The topological polar surface area (TPSA) is 178 Å². The fourth-order valence-electron chi connectivity index (χ4n) is 13.4. The summed E-state index contributed by atoms with van der Waals surface area (Å²) in [5, 5.41) is 9.64. The third-order valence-electron chi connectivity index (χ3n) is 18.0. The van der Waals surface area contributed by atoms with Gasteiger partial charge in [-0.15, -0.1) is 0 Å². The van der Waals surface area contributed by atoms with Crippen LogP contribution in [0.4, 0.5) is 17.3 Å². The smallest absolute Gasteiger partial charge is 0.238 e. The van der Waals surface area contributed by atoms with Crippen molar-refractivity contribution in [1.82, 2.24) is 39.5 Å². The van der Waals surface area contributed by atoms with E-state index in [-0.39, 0.29) is 65.4 Å². The first kappa shape index (κ1) is 47.1. The molecule has 7 fully saturated rings. The van der Waals surface area contributed by atoms with Crippen LogP contribution in [0.1, 0.15) is 146 Å². The third-order valence-corrected chi connectivity index (χ3v) is 18.0. The number of aromatic nitrogens is 4. The van der Waals surface area contributed by atoms with Crippen molar-refractivity contribution < 1.29 is 24.0 Å². The molecule has 3 aromatic heterocycles. The SMILES string of the molecule is CC(C)n1cnc2cc(-c3ccc4c(c3)N(C3CC(N5CCCCC5)C3)C(=O)C43CCN(C(=O)C4CCC(C(=O)N5CCC(Nc6ccc([C@H]7CCC(=O)NC7=O)cn6)CC5)CC4)CC3)nc(NC3CC3)c21. The number of benzene rings is 1. The van der Waals surface area contributed by atoms with Crippen LogP contribution in [0.2, 0.25) is 0 Å². The molecule has 380 valence electrons. The number of anilines is 3. The minimum absolute atomic E-state index is 0.0651. The number of pyridine rings is 2. The Morgan fingerprint density at radius 3 is 2.08 bits per heavy atom. The van der Waals surface area contributed by atoms with Crippen molar-refractivity contribution in [2.45, 2.75) is 165 Å². The van der Waals surface area contributed by atoms with Gasteiger partial charge in [0.1, 0.15) is 11.3 Å². The summed E-state index contributed by atoms with van der Waals surface area (Å²) < 4.78 is 2.20. The summed E-state index contributed by atoms with van der Waals surface area (Å²) in [5.74, 6) is 1.18. The molecule has 0 bridgehead atoms. The molecule has 12 rings (SSSR count). The Morgan fingerprint density at radius 1 is 0.736 bits per heavy atom. The quantitative estimate of drug-likeness (QED) is 0.129. The number of amides is 5. The first-order chi connectivity index (χ1) is 35.0. The van der Waals surface area contributed by atoms with E-state index in [1.54, 1.807) is 6.20 Å². The second-order valence-electron chi connectivity index (χ2n) is 22.9. The highest BCUT2D eigenvalue weighted by Crippen LogP contribution is 2.52. The van der Waals surface area contributed by atoms with E-state index in [2.05, 4.69) is 73.4 Å². The number of nitrogens with zero attached hydrogens (tertiary/aromatic N) is 8. The number of rotatable bonds is 11. The summed E-state index contributed by atoms with van der Waals surface area (Å²) in [6, 6.07) is 14.0. The predicted octanol–water partition coefficient (Wildman–Crippen LogP) is 7.30. The molecule has 3 N–H and O–H groups in total. The second-order valence-corrected chi connectivity index (χ2v) is 22.9. The van der Waals surface area contributed by atoms with E-state index in [1.165, 1.54) is 19.3 Å². The van der Waals surface area contributed by atoms with E-state index in [4.69, 9.17) is 9.97 Å². The van der Waals surface area contributed by atoms with Crippen molar-refractivity contribution in [3.63, 3.8) is 0 Å². The van der Waals surface area contributed by atoms with Gasteiger partial charge in [0.05, 0.1) is 28.9 Å². The molecule has 8 heterocycles. The molecule has 1 aromatic carbocycles. The number of hydrogen-bond donors (Lipinski definition) is 3. The Bertz CT molecular complexity index is 2730. The number of carbonyl (C=O) groups is 5. The maximum atomic E-state index is 15.2. The monoisotopic (exact) mass is 978 g/mol. The number of carbonyl (C=O) groups excluding carboxylic acids is 5. The van der Waals surface area contributed by atoms with Gasteiger partial charge in [0.2, 0.25) is 29.5 Å². The maximum absolute atomic E-state index is 15.2. The lowest BCUT2D eigenvalue weighted by Gasteiger charge is -2.48. The highest BCUT2D eigenvalue weighted by molar-refractivity contribution is 6.09. The normalized spacial score (nSPS) is 27.0. The van der Waals surface area contributed by atoms with Crippen LogP contribution in [-0.4, -0.2) is 127 Å². The average Bonchev–Trinajstić information content (AvgIpc) is 4.05. The summed E-state index contributed by atoms with van der Waals surface area (Å²) in [4.78, 5) is 90.8. The lowest BCUT2D eigenvalue weighted by Crippen LogP contribution is -2.58. The summed E-state index contributed by atoms with van der Waals surface area (Å²) in [6.45, 7) is 9.11. The van der Waals surface area contributed by atoms with Crippen LogP contribution in [0, 0.1) is 11.8 Å². The van der Waals surface area contributed by atoms with E-state index in [1.807, 2.05) is 28.3 Å². The van der Waals surface area contributed by atoms with E-state index in [0.717, 1.165) is 115 Å². The molecule has 72 heavy (non-hydrogen) atoms. The Labute approximate surface area is 422 Å². The second kappa shape index (κ2) is 19.2. The van der Waals surface area contributed by atoms with E-state index >= 15 is 4.79 Å². The third kappa shape index (κ3) is 8.82. The van der Waals surface area contributed by atoms with E-state index < -0.39 is 5.41 Å². The maximum Gasteiger partial charge on any atom is 0.238 e. The van der Waals surface area contributed by atoms with Gasteiger partial charge < -0.3 is 34.8 Å². The van der Waals surface area contributed by atoms with Gasteiger partial charge in [-0.2, -0.15) is 0 Å². The van der Waals surface area contributed by atoms with Crippen molar-refractivity contribution in [3.8, 4) is 11.3 Å². The van der Waals surface area contributed by atoms with Gasteiger partial charge in [-0.3, -0.25) is 29.3 Å². The summed E-state index contributed by atoms with van der Waals surface area (Å²) in [7, 11) is 0. The minimum atomic E-state index is -0.668. The molecule has 0 unspecified atom stereocenters. The molecule has 5 amide bonds. The van der Waals surface area contributed by atoms with E-state index in [9.17, 15) is 19.2 Å². The molecular weight excluding hydrogens is 907 g/mol. The van der Waals surface area contributed by atoms with Crippen molar-refractivity contribution in [1.29, 1.82) is 0 Å². The first-order valence-corrected chi connectivity index (χ1v) is 27.5. The highest BCUT2D eigenvalue weighted by Gasteiger charge is 2.56. The van der Waals surface area contributed by atoms with Crippen LogP contribution in [0.3, 0.4) is 0 Å². The summed E-state index contributed by atoms with van der Waals surface area (Å²) in [6.07, 6.45) is 18.3. The number of imide groups is 1. The van der Waals surface area contributed by atoms with E-state index in [0.29, 0.717) is 76.8 Å². The standard InChI is InChI=1S/C56H71N11O5/c1-34(2)66-33-58-46-31-45(61-51(50(46)66)60-39-12-13-39)37-10-15-44-47(28-37)67(42-29-41(30-42)63-22-4-3-5-23-63)55(72)56(44)20-26-65(27-21-56)54(71)36-8-6-35(7-9-36)53(70)64-24-18-40(19-25-64)59-48-16-11-38(32-57-48)43-14-17-49(68)62-52(43)69/h10-11,15-16,28,31-36,39-43H,3-9,12-14,17-27,29-30H2,1-2H3,(H,57,59)(H,60,61)(H,62,68,69)/t35?,36?,41?,42?,43-/m1/s1. The predicted molar refractivity (Wildman–Crippen MR) is 275 cm³/mol. The van der Waals surface area contributed by atoms with Gasteiger partial charge in [0.25, 0.3) is 0 Å². The molecule has 4 saturated heterocycles. The Morgan fingerprint density at radius 2 is 1.43 bits per heavy atom. The first-order valence-electron chi connectivity index (χ1n) is 27.5. The van der Waals surface area contributed by atoms with Crippen molar-refractivity contribution in [2.75, 3.05) is 54.8 Å². The molecule has 5 aliphatic heterocycles. The van der Waals surface area contributed by atoms with Gasteiger partial charge in [0, 0.05) is 92.1 Å². The molecule has 0 radical (unpaired) electrons. The fraction of sp³-hybridized carbons (Fsp3) is 0.607. The lowest BCUT2D eigenvalue weighted by molar-refractivity contribution is -0.143. The fourth-order valence-corrected chi connectivity index (χ4v) is 13.4. The minimum Gasteiger partial charge on any atom is -0.367 e. The number of fused-ring (bicyclic) bond motifs is 3. The highest BCUT2D eigenvalue weighted by atomic mass is 16.2. The van der Waals surface area contributed by atoms with Crippen molar-refractivity contribution in [2.24, 2.45) is 11.8 Å². The van der Waals surface area contributed by atoms with Gasteiger partial charge in [-0.1, -0.05) is 24.6 Å². The van der Waals surface area contributed by atoms with Gasteiger partial charge in [0.15, 0.2) is 5.82 Å². The van der Waals surface area contributed by atoms with Crippen molar-refractivity contribution >= 4 is 57.9 Å². The van der Waals surface area contributed by atoms with Crippen LogP contribution in [0.15, 0.2) is 48.9 Å². The summed E-state index contributed by atoms with van der Waals surface area (Å²) >= 11 is 0. The van der Waals surface area contributed by atoms with Gasteiger partial charge in [-0.25, -0.2) is 15.0 Å². The van der Waals surface area contributed by atoms with Crippen molar-refractivity contribution in [3.05, 3.63) is 60.0 Å². The lowest BCUT2D eigenvalue weighted by atomic mass is 9.72. The molecule has 4 aromatic rings. The molecule has 16 heteroatoms. The Hall–Kier alpha value is -5.90. The number of piperidine rings is 4. The summed E-state index contributed by atoms with van der Waals surface area (Å²) in [5.41, 5.74) is 6.06. The van der Waals surface area contributed by atoms with Crippen LogP contribution in [0.25, 0.3) is 22.3 Å². The Kier molecular flexibility index (Phi) is 12.6. The van der Waals surface area contributed by atoms with Crippen LogP contribution in [-0.2, 0) is 29.4 Å². The molecule has 16 nitrogen and oxygen atoms in total. The Balaban J connectivity index is 0.681. The zero-order valence-electron chi connectivity index (χ0n) is 42.1. The zero-order valence-corrected chi connectivity index (χ0v) is 42.1. The zero-order chi connectivity index (χ0) is 49.3. The molecular formula is C56H71N11O5. The van der Waals surface area contributed by atoms with Gasteiger partial charge >= 0.3 is 0 Å². The molecule has 1 spiro atoms. The van der Waals surface area contributed by atoms with Crippen LogP contribution >= 0.6 is 0 Å². The van der Waals surface area contributed by atoms with Crippen LogP contribution in [0.5, 0.6) is 0 Å². The largest absolute Gasteiger partial charge is 0.367 e. The number of likely N-dealkylation sites (tertiary alicyclic amines) is 3. The number of hydrogen-bond acceptors (Lipinski definition) is 11.